The van der Waals surface area contributed by atoms with Crippen LogP contribution in [0.25, 0.3) is 0 Å². The minimum atomic E-state index is 0.545. The Morgan fingerprint density at radius 2 is 2.19 bits per heavy atom. The normalized spacial score (nSPS) is 14.8. The van der Waals surface area contributed by atoms with E-state index in [0.717, 1.165) is 45.7 Å². The van der Waals surface area contributed by atoms with Crippen LogP contribution in [0.4, 0.5) is 10.9 Å². The summed E-state index contributed by atoms with van der Waals surface area (Å²) >= 11 is 1.28. The summed E-state index contributed by atoms with van der Waals surface area (Å²) in [5.74, 6) is 1.78. The van der Waals surface area contributed by atoms with Crippen molar-refractivity contribution in [3.8, 4) is 11.9 Å². The van der Waals surface area contributed by atoms with Crippen molar-refractivity contribution in [2.45, 2.75) is 19.8 Å². The summed E-state index contributed by atoms with van der Waals surface area (Å²) < 4.78 is 11.1. The van der Waals surface area contributed by atoms with Crippen molar-refractivity contribution < 1.29 is 9.47 Å². The Balaban J connectivity index is 1.45. The van der Waals surface area contributed by atoms with Gasteiger partial charge in [0.15, 0.2) is 5.13 Å². The molecule has 1 saturated heterocycles. The van der Waals surface area contributed by atoms with Crippen molar-refractivity contribution in [2.24, 2.45) is 0 Å². The number of nitrogens with one attached hydrogen (secondary N) is 1. The average molecular weight is 374 g/mol. The monoisotopic (exact) mass is 374 g/mol. The number of aromatic nitrogens is 3. The number of thiazole rings is 1. The summed E-state index contributed by atoms with van der Waals surface area (Å²) in [6.45, 7) is 7.22. The third kappa shape index (κ3) is 5.62. The summed E-state index contributed by atoms with van der Waals surface area (Å²) in [5.41, 5.74) is 0. The first-order valence-electron chi connectivity index (χ1n) is 8.64. The Morgan fingerprint density at radius 3 is 2.96 bits per heavy atom. The van der Waals surface area contributed by atoms with Gasteiger partial charge in [-0.3, -0.25) is 4.90 Å². The molecule has 2 aromatic heterocycles. The second kappa shape index (κ2) is 9.43. The van der Waals surface area contributed by atoms with E-state index in [-0.39, 0.29) is 0 Å². The largest absolute Gasteiger partial charge is 0.478 e. The van der Waals surface area contributed by atoms with Gasteiger partial charge < -0.3 is 14.8 Å². The zero-order valence-corrected chi connectivity index (χ0v) is 15.6. The van der Waals surface area contributed by atoms with E-state index >= 15 is 0 Å². The second-order valence-corrected chi connectivity index (χ2v) is 6.95. The molecule has 26 heavy (non-hydrogen) atoms. The fraction of sp³-hybridized carbons (Fsp3) is 0.529. The van der Waals surface area contributed by atoms with E-state index in [9.17, 15) is 0 Å². The molecule has 0 atom stereocenters. The first-order chi connectivity index (χ1) is 12.7. The lowest BCUT2D eigenvalue weighted by Gasteiger charge is -2.26. The Morgan fingerprint density at radius 1 is 1.35 bits per heavy atom. The lowest BCUT2D eigenvalue weighted by molar-refractivity contribution is 0.0367. The number of aryl methyl sites for hydroxylation is 1. The van der Waals surface area contributed by atoms with Crippen molar-refractivity contribution in [3.05, 3.63) is 23.0 Å². The summed E-state index contributed by atoms with van der Waals surface area (Å²) in [7, 11) is 0. The quantitative estimate of drug-likeness (QED) is 0.704. The van der Waals surface area contributed by atoms with Crippen molar-refractivity contribution in [1.29, 1.82) is 5.26 Å². The zero-order valence-electron chi connectivity index (χ0n) is 14.8. The molecule has 1 fully saturated rings. The first kappa shape index (κ1) is 18.5. The van der Waals surface area contributed by atoms with Crippen LogP contribution in [-0.2, 0) is 4.74 Å². The van der Waals surface area contributed by atoms with Crippen LogP contribution < -0.4 is 10.1 Å². The fourth-order valence-electron chi connectivity index (χ4n) is 2.61. The van der Waals surface area contributed by atoms with Crippen LogP contribution >= 0.6 is 11.3 Å². The maximum absolute atomic E-state index is 8.87. The predicted molar refractivity (Wildman–Crippen MR) is 98.9 cm³/mol. The lowest BCUT2D eigenvalue weighted by Crippen LogP contribution is -2.36. The number of nitriles is 1. The maximum Gasteiger partial charge on any atom is 0.218 e. The van der Waals surface area contributed by atoms with Crippen molar-refractivity contribution in [2.75, 3.05) is 44.8 Å². The van der Waals surface area contributed by atoms with E-state index in [1.54, 1.807) is 6.07 Å². The molecule has 0 radical (unpaired) electrons. The highest BCUT2D eigenvalue weighted by atomic mass is 32.1. The molecule has 9 heteroatoms. The van der Waals surface area contributed by atoms with Crippen LogP contribution in [-0.4, -0.2) is 59.3 Å². The van der Waals surface area contributed by atoms with E-state index in [2.05, 4.69) is 31.2 Å². The molecule has 138 valence electrons. The number of anilines is 2. The molecule has 1 N–H and O–H groups in total. The van der Waals surface area contributed by atoms with Crippen LogP contribution in [0.2, 0.25) is 0 Å². The molecule has 0 amide bonds. The Kier molecular flexibility index (Phi) is 6.71. The van der Waals surface area contributed by atoms with Gasteiger partial charge in [-0.2, -0.15) is 10.2 Å². The molecule has 3 heterocycles. The highest BCUT2D eigenvalue weighted by Crippen LogP contribution is 2.22. The fourth-order valence-corrected chi connectivity index (χ4v) is 3.23. The molecule has 0 aromatic carbocycles. The highest BCUT2D eigenvalue weighted by Gasteiger charge is 2.10. The molecular formula is C17H22N6O2S. The minimum absolute atomic E-state index is 0.545. The molecule has 0 saturated carbocycles. The summed E-state index contributed by atoms with van der Waals surface area (Å²) in [5, 5.41) is 12.6. The average Bonchev–Trinajstić information content (AvgIpc) is 3.09. The van der Waals surface area contributed by atoms with Crippen LogP contribution in [0.3, 0.4) is 0 Å². The molecular weight excluding hydrogens is 352 g/mol. The molecule has 1 aliphatic rings. The second-order valence-electron chi connectivity index (χ2n) is 5.91. The number of nitrogens with zero attached hydrogens (tertiary/aromatic N) is 5. The van der Waals surface area contributed by atoms with Crippen molar-refractivity contribution >= 4 is 22.3 Å². The number of ether oxygens (including phenoxy) is 2. The van der Waals surface area contributed by atoms with Gasteiger partial charge in [-0.25, -0.2) is 9.97 Å². The number of hydrogen-bond acceptors (Lipinski definition) is 9. The molecule has 1 aliphatic heterocycles. The number of hydrogen-bond donors (Lipinski definition) is 1. The summed E-state index contributed by atoms with van der Waals surface area (Å²) in [6, 6.07) is 3.82. The van der Waals surface area contributed by atoms with Gasteiger partial charge in [-0.1, -0.05) is 11.3 Å². The Labute approximate surface area is 156 Å². The SMILES string of the molecule is Cc1nc(Nc2ncc(C#N)s2)cc(OCCCCN2CCOCC2)n1. The number of morpholine rings is 1. The van der Waals surface area contributed by atoms with Crippen LogP contribution in [0.15, 0.2) is 12.3 Å². The van der Waals surface area contributed by atoms with Gasteiger partial charge in [0.1, 0.15) is 22.6 Å². The van der Waals surface area contributed by atoms with Gasteiger partial charge in [0.2, 0.25) is 5.88 Å². The van der Waals surface area contributed by atoms with Crippen LogP contribution in [0.1, 0.15) is 23.5 Å². The highest BCUT2D eigenvalue weighted by molar-refractivity contribution is 7.16. The van der Waals surface area contributed by atoms with E-state index in [1.165, 1.54) is 17.5 Å². The van der Waals surface area contributed by atoms with E-state index in [0.29, 0.717) is 34.1 Å². The van der Waals surface area contributed by atoms with Gasteiger partial charge in [-0.05, 0) is 26.3 Å². The standard InChI is InChI=1S/C17H22N6O2S/c1-13-20-15(22-17-19-12-14(11-18)26-17)10-16(21-13)25-7-3-2-4-23-5-8-24-9-6-23/h10,12H,2-9H2,1H3,(H,19,20,21,22). The molecule has 0 spiro atoms. The number of unbranched alkanes of at least 4 members (excludes halogenated alkanes) is 1. The van der Waals surface area contributed by atoms with Gasteiger partial charge in [-0.15, -0.1) is 0 Å². The maximum atomic E-state index is 8.87. The summed E-state index contributed by atoms with van der Waals surface area (Å²) in [6.07, 6.45) is 3.60. The molecule has 0 bridgehead atoms. The summed E-state index contributed by atoms with van der Waals surface area (Å²) in [4.78, 5) is 15.8. The third-order valence-electron chi connectivity index (χ3n) is 3.89. The topological polar surface area (TPSA) is 96.2 Å². The van der Waals surface area contributed by atoms with Gasteiger partial charge >= 0.3 is 0 Å². The molecule has 0 aliphatic carbocycles. The molecule has 3 rings (SSSR count). The Hall–Kier alpha value is -2.28. The smallest absolute Gasteiger partial charge is 0.218 e. The van der Waals surface area contributed by atoms with Crippen LogP contribution in [0.5, 0.6) is 5.88 Å². The lowest BCUT2D eigenvalue weighted by atomic mass is 10.3. The Bertz CT molecular complexity index is 754. The van der Waals surface area contributed by atoms with Gasteiger partial charge in [0.25, 0.3) is 0 Å². The molecule has 8 nitrogen and oxygen atoms in total. The minimum Gasteiger partial charge on any atom is -0.478 e. The zero-order chi connectivity index (χ0) is 18.2. The van der Waals surface area contributed by atoms with Crippen LogP contribution in [0, 0.1) is 18.3 Å². The van der Waals surface area contributed by atoms with E-state index in [4.69, 9.17) is 14.7 Å². The van der Waals surface area contributed by atoms with Crippen molar-refractivity contribution in [1.82, 2.24) is 19.9 Å². The third-order valence-corrected chi connectivity index (χ3v) is 4.71. The first-order valence-corrected chi connectivity index (χ1v) is 9.46. The van der Waals surface area contributed by atoms with Crippen molar-refractivity contribution in [3.63, 3.8) is 0 Å². The molecule has 0 unspecified atom stereocenters. The van der Waals surface area contributed by atoms with E-state index in [1.807, 2.05) is 6.92 Å². The van der Waals surface area contributed by atoms with Gasteiger partial charge in [0.05, 0.1) is 26.0 Å². The van der Waals surface area contributed by atoms with E-state index < -0.39 is 0 Å². The number of rotatable bonds is 8. The molecule has 2 aromatic rings. The predicted octanol–water partition coefficient (Wildman–Crippen LogP) is 2.35. The van der Waals surface area contributed by atoms with Gasteiger partial charge in [0, 0.05) is 19.2 Å².